The molecule has 7 nitrogen and oxygen atoms in total. The molecule has 1 fully saturated rings. The first-order valence-corrected chi connectivity index (χ1v) is 6.74. The first-order chi connectivity index (χ1) is 9.91. The van der Waals surface area contributed by atoms with Crippen molar-refractivity contribution in [1.29, 1.82) is 0 Å². The molecule has 1 heterocycles. The van der Waals surface area contributed by atoms with E-state index in [4.69, 9.17) is 5.73 Å². The zero-order chi connectivity index (χ0) is 15.6. The summed E-state index contributed by atoms with van der Waals surface area (Å²) in [5.41, 5.74) is 5.65. The molecular formula is C14H17N3O4. The zero-order valence-corrected chi connectivity index (χ0v) is 11.7. The Morgan fingerprint density at radius 3 is 2.48 bits per heavy atom. The van der Waals surface area contributed by atoms with Crippen molar-refractivity contribution in [3.63, 3.8) is 0 Å². The van der Waals surface area contributed by atoms with Gasteiger partial charge in [-0.1, -0.05) is 12.1 Å². The molecule has 0 aliphatic carbocycles. The molecule has 1 aromatic carbocycles. The number of nitrogens with zero attached hydrogens (tertiary/aromatic N) is 2. The minimum atomic E-state index is -0.529. The van der Waals surface area contributed by atoms with Crippen LogP contribution in [0.5, 0.6) is 0 Å². The maximum atomic E-state index is 12.5. The van der Waals surface area contributed by atoms with Gasteiger partial charge in [-0.25, -0.2) is 0 Å². The number of amides is 2. The molecule has 0 aromatic heterocycles. The molecule has 2 N–H and O–H groups in total. The van der Waals surface area contributed by atoms with Crippen molar-refractivity contribution in [3.8, 4) is 0 Å². The first kappa shape index (κ1) is 15.0. The Kier molecular flexibility index (Phi) is 4.21. The molecule has 1 aromatic rings. The molecule has 1 saturated heterocycles. The van der Waals surface area contributed by atoms with E-state index in [0.717, 1.165) is 0 Å². The predicted molar refractivity (Wildman–Crippen MR) is 75.7 cm³/mol. The van der Waals surface area contributed by atoms with Gasteiger partial charge in [0.25, 0.3) is 11.6 Å². The van der Waals surface area contributed by atoms with E-state index in [1.807, 2.05) is 0 Å². The molecule has 1 aliphatic heterocycles. The topological polar surface area (TPSA) is 107 Å². The van der Waals surface area contributed by atoms with Crippen molar-refractivity contribution in [2.24, 2.45) is 11.7 Å². The number of carbonyl (C=O) groups excluding carboxylic acids is 2. The number of piperidine rings is 1. The largest absolute Gasteiger partial charge is 0.369 e. The average molecular weight is 291 g/mol. The lowest BCUT2D eigenvalue weighted by atomic mass is 9.95. The van der Waals surface area contributed by atoms with Gasteiger partial charge in [0.15, 0.2) is 0 Å². The van der Waals surface area contributed by atoms with Crippen LogP contribution in [0.3, 0.4) is 0 Å². The SMILES string of the molecule is Cc1cccc(C(=O)N2CCC(C(N)=O)CC2)c1[N+](=O)[O-]. The summed E-state index contributed by atoms with van der Waals surface area (Å²) in [6.45, 7) is 2.38. The molecular weight excluding hydrogens is 274 g/mol. The van der Waals surface area contributed by atoms with Gasteiger partial charge < -0.3 is 10.6 Å². The maximum absolute atomic E-state index is 12.5. The van der Waals surface area contributed by atoms with Gasteiger partial charge in [0.2, 0.25) is 5.91 Å². The Morgan fingerprint density at radius 1 is 1.33 bits per heavy atom. The molecule has 1 aliphatic rings. The number of nitrogens with two attached hydrogens (primary N) is 1. The van der Waals surface area contributed by atoms with Gasteiger partial charge in [-0.3, -0.25) is 19.7 Å². The third-order valence-electron chi connectivity index (χ3n) is 3.84. The molecule has 7 heteroatoms. The van der Waals surface area contributed by atoms with Gasteiger partial charge in [-0.15, -0.1) is 0 Å². The number of hydrogen-bond donors (Lipinski definition) is 1. The van der Waals surface area contributed by atoms with Crippen LogP contribution >= 0.6 is 0 Å². The van der Waals surface area contributed by atoms with Crippen LogP contribution in [0.15, 0.2) is 18.2 Å². The van der Waals surface area contributed by atoms with Gasteiger partial charge in [0.1, 0.15) is 5.56 Å². The van der Waals surface area contributed by atoms with Crippen LogP contribution in [0.2, 0.25) is 0 Å². The van der Waals surface area contributed by atoms with Crippen LogP contribution in [0.4, 0.5) is 5.69 Å². The lowest BCUT2D eigenvalue weighted by Crippen LogP contribution is -2.41. The number of aryl methyl sites for hydroxylation is 1. The Hall–Kier alpha value is -2.44. The lowest BCUT2D eigenvalue weighted by molar-refractivity contribution is -0.385. The summed E-state index contributed by atoms with van der Waals surface area (Å²) in [6.07, 6.45) is 1.00. The van der Waals surface area contributed by atoms with Crippen molar-refractivity contribution < 1.29 is 14.5 Å². The highest BCUT2D eigenvalue weighted by Gasteiger charge is 2.30. The van der Waals surface area contributed by atoms with Crippen LogP contribution < -0.4 is 5.73 Å². The van der Waals surface area contributed by atoms with Gasteiger partial charge in [0, 0.05) is 24.6 Å². The number of likely N-dealkylation sites (tertiary alicyclic amines) is 1. The van der Waals surface area contributed by atoms with Gasteiger partial charge in [0.05, 0.1) is 4.92 Å². The second-order valence-corrected chi connectivity index (χ2v) is 5.20. The van der Waals surface area contributed by atoms with Crippen molar-refractivity contribution in [1.82, 2.24) is 4.90 Å². The van der Waals surface area contributed by atoms with E-state index >= 15 is 0 Å². The van der Waals surface area contributed by atoms with E-state index in [0.29, 0.717) is 31.5 Å². The average Bonchev–Trinajstić information content (AvgIpc) is 2.46. The second kappa shape index (κ2) is 5.90. The fourth-order valence-corrected chi connectivity index (χ4v) is 2.61. The van der Waals surface area contributed by atoms with E-state index in [-0.39, 0.29) is 29.0 Å². The smallest absolute Gasteiger partial charge is 0.285 e. The van der Waals surface area contributed by atoms with Gasteiger partial charge in [-0.2, -0.15) is 0 Å². The highest BCUT2D eigenvalue weighted by Crippen LogP contribution is 2.26. The summed E-state index contributed by atoms with van der Waals surface area (Å²) in [5, 5.41) is 11.1. The van der Waals surface area contributed by atoms with Crippen LogP contribution in [-0.2, 0) is 4.79 Å². The molecule has 2 rings (SSSR count). The summed E-state index contributed by atoms with van der Waals surface area (Å²) in [7, 11) is 0. The molecule has 0 unspecified atom stereocenters. The number of para-hydroxylation sites is 1. The molecule has 112 valence electrons. The van der Waals surface area contributed by atoms with Crippen molar-refractivity contribution in [2.45, 2.75) is 19.8 Å². The maximum Gasteiger partial charge on any atom is 0.285 e. The normalized spacial score (nSPS) is 15.8. The second-order valence-electron chi connectivity index (χ2n) is 5.20. The van der Waals surface area contributed by atoms with E-state index in [1.165, 1.54) is 6.07 Å². The minimum absolute atomic E-state index is 0.0949. The fourth-order valence-electron chi connectivity index (χ4n) is 2.61. The molecule has 0 atom stereocenters. The quantitative estimate of drug-likeness (QED) is 0.667. The molecule has 2 amide bonds. The van der Waals surface area contributed by atoms with Crippen LogP contribution in [-0.4, -0.2) is 34.7 Å². The predicted octanol–water partition coefficient (Wildman–Crippen LogP) is 1.24. The number of primary amides is 1. The number of hydrogen-bond acceptors (Lipinski definition) is 4. The summed E-state index contributed by atoms with van der Waals surface area (Å²) in [4.78, 5) is 35.7. The van der Waals surface area contributed by atoms with Gasteiger partial charge >= 0.3 is 0 Å². The Morgan fingerprint density at radius 2 is 1.95 bits per heavy atom. The van der Waals surface area contributed by atoms with E-state index < -0.39 is 4.92 Å². The number of benzene rings is 1. The molecule has 0 saturated carbocycles. The standard InChI is InChI=1S/C14H17N3O4/c1-9-3-2-4-11(12(9)17(20)21)14(19)16-7-5-10(6-8-16)13(15)18/h2-4,10H,5-8H2,1H3,(H2,15,18). The number of carbonyl (C=O) groups is 2. The van der Waals surface area contributed by atoms with Crippen LogP contribution in [0.25, 0.3) is 0 Å². The third kappa shape index (κ3) is 3.01. The van der Waals surface area contributed by atoms with E-state index in [9.17, 15) is 19.7 Å². The molecule has 0 radical (unpaired) electrons. The monoisotopic (exact) mass is 291 g/mol. The first-order valence-electron chi connectivity index (χ1n) is 6.74. The van der Waals surface area contributed by atoms with Gasteiger partial charge in [-0.05, 0) is 25.8 Å². The summed E-state index contributed by atoms with van der Waals surface area (Å²) in [6, 6.07) is 4.70. The molecule has 0 bridgehead atoms. The fraction of sp³-hybridized carbons (Fsp3) is 0.429. The highest BCUT2D eigenvalue weighted by atomic mass is 16.6. The number of rotatable bonds is 3. The Labute approximate surface area is 121 Å². The highest BCUT2D eigenvalue weighted by molar-refractivity contribution is 5.98. The Balaban J connectivity index is 2.20. The molecule has 0 spiro atoms. The van der Waals surface area contributed by atoms with E-state index in [1.54, 1.807) is 24.0 Å². The Bertz CT molecular complexity index is 592. The third-order valence-corrected chi connectivity index (χ3v) is 3.84. The van der Waals surface area contributed by atoms with Crippen molar-refractivity contribution in [3.05, 3.63) is 39.4 Å². The summed E-state index contributed by atoms with van der Waals surface area (Å²) < 4.78 is 0. The number of nitro benzene ring substituents is 1. The minimum Gasteiger partial charge on any atom is -0.369 e. The van der Waals surface area contributed by atoms with Crippen LogP contribution in [0, 0.1) is 23.0 Å². The zero-order valence-electron chi connectivity index (χ0n) is 11.7. The number of nitro groups is 1. The van der Waals surface area contributed by atoms with E-state index in [2.05, 4.69) is 0 Å². The summed E-state index contributed by atoms with van der Waals surface area (Å²) in [5.74, 6) is -0.946. The summed E-state index contributed by atoms with van der Waals surface area (Å²) >= 11 is 0. The van der Waals surface area contributed by atoms with Crippen LogP contribution in [0.1, 0.15) is 28.8 Å². The lowest BCUT2D eigenvalue weighted by Gasteiger charge is -2.30. The van der Waals surface area contributed by atoms with Crippen molar-refractivity contribution >= 4 is 17.5 Å². The molecule has 21 heavy (non-hydrogen) atoms. The van der Waals surface area contributed by atoms with Crippen molar-refractivity contribution in [2.75, 3.05) is 13.1 Å².